The highest BCUT2D eigenvalue weighted by Crippen LogP contribution is 2.18. The van der Waals surface area contributed by atoms with Crippen LogP contribution in [0.3, 0.4) is 0 Å². The van der Waals surface area contributed by atoms with E-state index in [2.05, 4.69) is 4.74 Å². The standard InChI is InChI=1S/C16H19F2NO3/c1-11-8-9-19(10-14(11)20)15(21)7-4-12-2-5-13(6-3-12)22-16(17)18/h2-7,11,14,16,20H,8-10H2,1H3/b7-4+. The van der Waals surface area contributed by atoms with Crippen molar-refractivity contribution < 1.29 is 23.4 Å². The third-order valence-corrected chi connectivity index (χ3v) is 3.75. The second-order valence-corrected chi connectivity index (χ2v) is 5.40. The molecule has 0 aromatic heterocycles. The number of β-amino-alcohol motifs (C(OH)–C–C–N with tert-alkyl or cyclic N) is 1. The number of amides is 1. The monoisotopic (exact) mass is 311 g/mol. The fraction of sp³-hybridized carbons (Fsp3) is 0.438. The molecule has 0 spiro atoms. The smallest absolute Gasteiger partial charge is 0.387 e. The number of aliphatic hydroxyl groups is 1. The first-order valence-electron chi connectivity index (χ1n) is 7.15. The number of carbonyl (C=O) groups excluding carboxylic acids is 1. The van der Waals surface area contributed by atoms with Gasteiger partial charge in [-0.1, -0.05) is 19.1 Å². The van der Waals surface area contributed by atoms with Crippen LogP contribution in [0.1, 0.15) is 18.9 Å². The Morgan fingerprint density at radius 3 is 2.68 bits per heavy atom. The van der Waals surface area contributed by atoms with E-state index in [0.717, 1.165) is 6.42 Å². The maximum Gasteiger partial charge on any atom is 0.387 e. The van der Waals surface area contributed by atoms with Crippen molar-refractivity contribution in [3.05, 3.63) is 35.9 Å². The predicted molar refractivity (Wildman–Crippen MR) is 78.5 cm³/mol. The SMILES string of the molecule is CC1CCN(C(=O)/C=C/c2ccc(OC(F)F)cc2)CC1O. The molecule has 1 aliphatic rings. The number of hydrogen-bond donors (Lipinski definition) is 1. The Labute approximate surface area is 128 Å². The second-order valence-electron chi connectivity index (χ2n) is 5.40. The summed E-state index contributed by atoms with van der Waals surface area (Å²) >= 11 is 0. The number of benzene rings is 1. The summed E-state index contributed by atoms with van der Waals surface area (Å²) in [7, 11) is 0. The van der Waals surface area contributed by atoms with E-state index in [0.29, 0.717) is 18.7 Å². The van der Waals surface area contributed by atoms with Crippen molar-refractivity contribution in [3.63, 3.8) is 0 Å². The van der Waals surface area contributed by atoms with Crippen LogP contribution in [0.15, 0.2) is 30.3 Å². The number of hydrogen-bond acceptors (Lipinski definition) is 3. The highest BCUT2D eigenvalue weighted by Gasteiger charge is 2.26. The maximum absolute atomic E-state index is 12.0. The average Bonchev–Trinajstić information content (AvgIpc) is 2.48. The van der Waals surface area contributed by atoms with Crippen LogP contribution in [-0.4, -0.2) is 41.7 Å². The molecule has 0 bridgehead atoms. The van der Waals surface area contributed by atoms with Crippen molar-refractivity contribution >= 4 is 12.0 Å². The average molecular weight is 311 g/mol. The van der Waals surface area contributed by atoms with Crippen molar-refractivity contribution in [1.29, 1.82) is 0 Å². The topological polar surface area (TPSA) is 49.8 Å². The minimum absolute atomic E-state index is 0.0756. The fourth-order valence-electron chi connectivity index (χ4n) is 2.28. The third-order valence-electron chi connectivity index (χ3n) is 3.75. The number of ether oxygens (including phenoxy) is 1. The lowest BCUT2D eigenvalue weighted by Gasteiger charge is -2.33. The zero-order chi connectivity index (χ0) is 16.1. The van der Waals surface area contributed by atoms with E-state index in [1.807, 2.05) is 6.92 Å². The highest BCUT2D eigenvalue weighted by atomic mass is 19.3. The first-order chi connectivity index (χ1) is 10.5. The van der Waals surface area contributed by atoms with Gasteiger partial charge in [-0.05, 0) is 36.1 Å². The number of halogens is 2. The predicted octanol–water partition coefficient (Wildman–Crippen LogP) is 2.53. The quantitative estimate of drug-likeness (QED) is 0.869. The van der Waals surface area contributed by atoms with Crippen LogP contribution < -0.4 is 4.74 Å². The fourth-order valence-corrected chi connectivity index (χ4v) is 2.28. The summed E-state index contributed by atoms with van der Waals surface area (Å²) in [5.41, 5.74) is 0.709. The molecule has 1 aromatic carbocycles. The van der Waals surface area contributed by atoms with Gasteiger partial charge in [0.2, 0.25) is 5.91 Å². The molecule has 2 rings (SSSR count). The van der Waals surface area contributed by atoms with Gasteiger partial charge < -0.3 is 14.7 Å². The lowest BCUT2D eigenvalue weighted by Crippen LogP contribution is -2.45. The molecule has 1 aliphatic heterocycles. The van der Waals surface area contributed by atoms with Gasteiger partial charge in [0.1, 0.15) is 5.75 Å². The molecular formula is C16H19F2NO3. The number of rotatable bonds is 4. The normalized spacial score (nSPS) is 22.3. The third kappa shape index (κ3) is 4.53. The Morgan fingerprint density at radius 1 is 1.41 bits per heavy atom. The zero-order valence-electron chi connectivity index (χ0n) is 12.3. The van der Waals surface area contributed by atoms with E-state index in [9.17, 15) is 18.7 Å². The molecule has 2 atom stereocenters. The molecule has 6 heteroatoms. The van der Waals surface area contributed by atoms with Gasteiger partial charge in [0.15, 0.2) is 0 Å². The summed E-state index contributed by atoms with van der Waals surface area (Å²) in [4.78, 5) is 13.6. The first kappa shape index (κ1) is 16.4. The van der Waals surface area contributed by atoms with Crippen LogP contribution in [0.4, 0.5) is 8.78 Å². The Balaban J connectivity index is 1.92. The number of nitrogens with zero attached hydrogens (tertiary/aromatic N) is 1. The number of carbonyl (C=O) groups is 1. The minimum atomic E-state index is -2.85. The Kier molecular flexibility index (Phi) is 5.49. The molecule has 1 saturated heterocycles. The molecule has 1 fully saturated rings. The van der Waals surface area contributed by atoms with Crippen LogP contribution in [0, 0.1) is 5.92 Å². The number of piperidine rings is 1. The Bertz CT molecular complexity index is 531. The van der Waals surface area contributed by atoms with Crippen LogP contribution in [0.2, 0.25) is 0 Å². The maximum atomic E-state index is 12.0. The van der Waals surface area contributed by atoms with Crippen molar-refractivity contribution in [2.75, 3.05) is 13.1 Å². The molecule has 0 radical (unpaired) electrons. The van der Waals surface area contributed by atoms with Crippen LogP contribution in [-0.2, 0) is 4.79 Å². The summed E-state index contributed by atoms with van der Waals surface area (Å²) in [5, 5.41) is 9.79. The minimum Gasteiger partial charge on any atom is -0.435 e. The highest BCUT2D eigenvalue weighted by molar-refractivity contribution is 5.91. The summed E-state index contributed by atoms with van der Waals surface area (Å²) in [5.74, 6) is 0.112. The molecule has 4 nitrogen and oxygen atoms in total. The van der Waals surface area contributed by atoms with Gasteiger partial charge in [0, 0.05) is 19.2 Å². The first-order valence-corrected chi connectivity index (χ1v) is 7.15. The summed E-state index contributed by atoms with van der Waals surface area (Å²) in [6.45, 7) is 0.0790. The van der Waals surface area contributed by atoms with Crippen LogP contribution in [0.25, 0.3) is 6.08 Å². The van der Waals surface area contributed by atoms with E-state index >= 15 is 0 Å². The lowest BCUT2D eigenvalue weighted by molar-refractivity contribution is -0.130. The van der Waals surface area contributed by atoms with Crippen molar-refractivity contribution in [2.45, 2.75) is 26.1 Å². The molecule has 120 valence electrons. The van der Waals surface area contributed by atoms with Gasteiger partial charge in [-0.3, -0.25) is 4.79 Å². The van der Waals surface area contributed by atoms with Gasteiger partial charge in [0.25, 0.3) is 0 Å². The molecule has 1 aromatic rings. The molecule has 1 amide bonds. The Morgan fingerprint density at radius 2 is 2.09 bits per heavy atom. The Hall–Kier alpha value is -1.95. The van der Waals surface area contributed by atoms with Crippen molar-refractivity contribution in [3.8, 4) is 5.75 Å². The van der Waals surface area contributed by atoms with E-state index in [1.165, 1.54) is 18.2 Å². The van der Waals surface area contributed by atoms with Gasteiger partial charge in [-0.15, -0.1) is 0 Å². The molecule has 1 N–H and O–H groups in total. The van der Waals surface area contributed by atoms with E-state index in [-0.39, 0.29) is 17.6 Å². The number of alkyl halides is 2. The largest absolute Gasteiger partial charge is 0.435 e. The second kappa shape index (κ2) is 7.35. The van der Waals surface area contributed by atoms with E-state index in [1.54, 1.807) is 23.1 Å². The molecule has 0 saturated carbocycles. The summed E-state index contributed by atoms with van der Waals surface area (Å²) < 4.78 is 28.3. The van der Waals surface area contributed by atoms with Gasteiger partial charge in [-0.25, -0.2) is 0 Å². The summed E-state index contributed by atoms with van der Waals surface area (Å²) in [6.07, 6.45) is 3.32. The number of aliphatic hydroxyl groups excluding tert-OH is 1. The van der Waals surface area contributed by atoms with Gasteiger partial charge in [0.05, 0.1) is 6.10 Å². The molecule has 0 aliphatic carbocycles. The van der Waals surface area contributed by atoms with Crippen molar-refractivity contribution in [2.24, 2.45) is 5.92 Å². The van der Waals surface area contributed by atoms with Crippen LogP contribution >= 0.6 is 0 Å². The molecule has 22 heavy (non-hydrogen) atoms. The molecule has 2 unspecified atom stereocenters. The van der Waals surface area contributed by atoms with Gasteiger partial charge in [-0.2, -0.15) is 8.78 Å². The lowest BCUT2D eigenvalue weighted by atomic mass is 9.96. The molecule has 1 heterocycles. The van der Waals surface area contributed by atoms with Gasteiger partial charge >= 0.3 is 6.61 Å². The zero-order valence-corrected chi connectivity index (χ0v) is 12.3. The van der Waals surface area contributed by atoms with Crippen LogP contribution in [0.5, 0.6) is 5.75 Å². The van der Waals surface area contributed by atoms with E-state index in [4.69, 9.17) is 0 Å². The summed E-state index contributed by atoms with van der Waals surface area (Å²) in [6, 6.07) is 6.02. The molecular weight excluding hydrogens is 292 g/mol. The van der Waals surface area contributed by atoms with E-state index < -0.39 is 12.7 Å². The van der Waals surface area contributed by atoms with Crippen molar-refractivity contribution in [1.82, 2.24) is 4.90 Å². The number of likely N-dealkylation sites (tertiary alicyclic amines) is 1.